The van der Waals surface area contributed by atoms with Crippen LogP contribution in [-0.4, -0.2) is 41.9 Å². The van der Waals surface area contributed by atoms with Gasteiger partial charge in [0.2, 0.25) is 0 Å². The van der Waals surface area contributed by atoms with Crippen molar-refractivity contribution in [3.05, 3.63) is 65.7 Å². The summed E-state index contributed by atoms with van der Waals surface area (Å²) in [5.41, 5.74) is -0.201. The van der Waals surface area contributed by atoms with Gasteiger partial charge in [0.1, 0.15) is 17.0 Å². The van der Waals surface area contributed by atoms with Crippen LogP contribution in [0, 0.1) is 5.92 Å². The third-order valence-electron chi connectivity index (χ3n) is 4.85. The number of amides is 1. The highest BCUT2D eigenvalue weighted by molar-refractivity contribution is 5.69. The van der Waals surface area contributed by atoms with Crippen LogP contribution in [0.2, 0.25) is 0 Å². The first kappa shape index (κ1) is 19.2. The zero-order valence-corrected chi connectivity index (χ0v) is 16.3. The minimum Gasteiger partial charge on any atom is -0.497 e. The molecule has 27 heavy (non-hydrogen) atoms. The number of rotatable bonds is 4. The molecule has 0 aromatic heterocycles. The first-order valence-corrected chi connectivity index (χ1v) is 9.14. The summed E-state index contributed by atoms with van der Waals surface area (Å²) in [5.74, 6) is 0.546. The molecule has 0 saturated carbocycles. The lowest BCUT2D eigenvalue weighted by atomic mass is 9.72. The van der Waals surface area contributed by atoms with Gasteiger partial charge < -0.3 is 19.5 Å². The van der Waals surface area contributed by atoms with Gasteiger partial charge in [0.05, 0.1) is 7.11 Å². The van der Waals surface area contributed by atoms with E-state index in [0.29, 0.717) is 18.8 Å². The Labute approximate surface area is 160 Å². The second-order valence-corrected chi connectivity index (χ2v) is 7.95. The Hall–Kier alpha value is -2.53. The molecule has 5 nitrogen and oxygen atoms in total. The van der Waals surface area contributed by atoms with Crippen LogP contribution in [0.4, 0.5) is 4.79 Å². The molecule has 1 amide bonds. The molecule has 1 aliphatic heterocycles. The van der Waals surface area contributed by atoms with E-state index in [9.17, 15) is 9.90 Å². The van der Waals surface area contributed by atoms with E-state index in [-0.39, 0.29) is 12.0 Å². The van der Waals surface area contributed by atoms with Gasteiger partial charge in [-0.1, -0.05) is 42.5 Å². The van der Waals surface area contributed by atoms with E-state index in [0.717, 1.165) is 11.1 Å². The zero-order valence-electron chi connectivity index (χ0n) is 16.3. The minimum atomic E-state index is -1.21. The first-order chi connectivity index (χ1) is 12.7. The summed E-state index contributed by atoms with van der Waals surface area (Å²) in [6, 6.07) is 17.0. The maximum atomic E-state index is 12.3. The van der Waals surface area contributed by atoms with Gasteiger partial charge in [-0.25, -0.2) is 4.79 Å². The monoisotopic (exact) mass is 369 g/mol. The van der Waals surface area contributed by atoms with Gasteiger partial charge in [0.15, 0.2) is 0 Å². The predicted octanol–water partition coefficient (Wildman–Crippen LogP) is 3.80. The molecule has 144 valence electrons. The Kier molecular flexibility index (Phi) is 5.16. The van der Waals surface area contributed by atoms with E-state index < -0.39 is 11.2 Å². The van der Waals surface area contributed by atoms with Crippen LogP contribution in [0.15, 0.2) is 54.6 Å². The Morgan fingerprint density at radius 2 is 1.67 bits per heavy atom. The molecule has 1 N–H and O–H groups in total. The van der Waals surface area contributed by atoms with Crippen LogP contribution in [0.25, 0.3) is 0 Å². The fourth-order valence-electron chi connectivity index (χ4n) is 3.41. The molecule has 2 aromatic rings. The van der Waals surface area contributed by atoms with Crippen LogP contribution < -0.4 is 4.74 Å². The average Bonchev–Trinajstić information content (AvgIpc) is 2.59. The Bertz CT molecular complexity index is 793. The predicted molar refractivity (Wildman–Crippen MR) is 104 cm³/mol. The van der Waals surface area contributed by atoms with Gasteiger partial charge in [-0.15, -0.1) is 0 Å². The van der Waals surface area contributed by atoms with Crippen molar-refractivity contribution < 1.29 is 19.4 Å². The van der Waals surface area contributed by atoms with Crippen molar-refractivity contribution in [1.82, 2.24) is 4.90 Å². The maximum Gasteiger partial charge on any atom is 0.410 e. The van der Waals surface area contributed by atoms with Crippen molar-refractivity contribution >= 4 is 6.09 Å². The largest absolute Gasteiger partial charge is 0.497 e. The van der Waals surface area contributed by atoms with E-state index in [1.54, 1.807) is 12.0 Å². The smallest absolute Gasteiger partial charge is 0.410 e. The van der Waals surface area contributed by atoms with Gasteiger partial charge in [0.25, 0.3) is 0 Å². The number of likely N-dealkylation sites (tertiary alicyclic amines) is 1. The second-order valence-electron chi connectivity index (χ2n) is 7.95. The van der Waals surface area contributed by atoms with Gasteiger partial charge in [-0.3, -0.25) is 0 Å². The fraction of sp³-hybridized carbons (Fsp3) is 0.409. The summed E-state index contributed by atoms with van der Waals surface area (Å²) in [6.07, 6.45) is -0.347. The number of hydrogen-bond donors (Lipinski definition) is 1. The molecule has 0 radical (unpaired) electrons. The number of nitrogens with zero attached hydrogens (tertiary/aromatic N) is 1. The summed E-state index contributed by atoms with van der Waals surface area (Å²) < 4.78 is 10.8. The molecule has 2 aromatic carbocycles. The Morgan fingerprint density at radius 1 is 1.04 bits per heavy atom. The molecule has 0 bridgehead atoms. The summed E-state index contributed by atoms with van der Waals surface area (Å²) in [4.78, 5) is 13.9. The lowest BCUT2D eigenvalue weighted by molar-refractivity contribution is -0.0691. The number of aliphatic hydroxyl groups is 1. The van der Waals surface area contributed by atoms with Crippen LogP contribution in [0.5, 0.6) is 5.75 Å². The van der Waals surface area contributed by atoms with Crippen molar-refractivity contribution in [2.24, 2.45) is 5.92 Å². The quantitative estimate of drug-likeness (QED) is 0.891. The van der Waals surface area contributed by atoms with E-state index in [4.69, 9.17) is 9.47 Å². The number of benzene rings is 2. The third kappa shape index (κ3) is 3.93. The standard InChI is InChI=1S/C22H27NO4/c1-21(2,3)27-20(24)23-14-18(15-23)22(25,16-9-6-5-7-10-16)17-11-8-12-19(13-17)26-4/h5-13,18,25H,14-15H2,1-4H3. The average molecular weight is 369 g/mol. The zero-order chi connectivity index (χ0) is 19.7. The molecule has 0 spiro atoms. The Morgan fingerprint density at radius 3 is 2.26 bits per heavy atom. The van der Waals surface area contributed by atoms with Gasteiger partial charge in [0, 0.05) is 19.0 Å². The Balaban J connectivity index is 1.88. The van der Waals surface area contributed by atoms with Crippen LogP contribution in [0.3, 0.4) is 0 Å². The molecular weight excluding hydrogens is 342 g/mol. The lowest BCUT2D eigenvalue weighted by Gasteiger charge is -2.48. The molecule has 0 aliphatic carbocycles. The molecule has 1 atom stereocenters. The maximum absolute atomic E-state index is 12.3. The minimum absolute atomic E-state index is 0.139. The fourth-order valence-corrected chi connectivity index (χ4v) is 3.41. The van der Waals surface area contributed by atoms with E-state index in [1.165, 1.54) is 0 Å². The number of hydrogen-bond acceptors (Lipinski definition) is 4. The van der Waals surface area contributed by atoms with Gasteiger partial charge in [-0.2, -0.15) is 0 Å². The van der Waals surface area contributed by atoms with Crippen LogP contribution >= 0.6 is 0 Å². The molecule has 1 aliphatic rings. The summed E-state index contributed by atoms with van der Waals surface area (Å²) in [6.45, 7) is 6.39. The summed E-state index contributed by atoms with van der Waals surface area (Å²) >= 11 is 0. The van der Waals surface area contributed by atoms with Gasteiger partial charge in [-0.05, 0) is 44.0 Å². The van der Waals surface area contributed by atoms with E-state index in [2.05, 4.69) is 0 Å². The molecule has 3 rings (SSSR count). The van der Waals surface area contributed by atoms with Gasteiger partial charge >= 0.3 is 6.09 Å². The van der Waals surface area contributed by atoms with Crippen molar-refractivity contribution in [1.29, 1.82) is 0 Å². The normalized spacial score (nSPS) is 17.0. The highest BCUT2D eigenvalue weighted by Crippen LogP contribution is 2.42. The van der Waals surface area contributed by atoms with E-state index in [1.807, 2.05) is 75.4 Å². The topological polar surface area (TPSA) is 59.0 Å². The number of carbonyl (C=O) groups excluding carboxylic acids is 1. The third-order valence-corrected chi connectivity index (χ3v) is 4.85. The van der Waals surface area contributed by atoms with Crippen molar-refractivity contribution in [2.45, 2.75) is 32.0 Å². The summed E-state index contributed by atoms with van der Waals surface area (Å²) in [7, 11) is 1.61. The second kappa shape index (κ2) is 7.24. The van der Waals surface area contributed by atoms with Crippen LogP contribution in [0.1, 0.15) is 31.9 Å². The van der Waals surface area contributed by atoms with E-state index >= 15 is 0 Å². The molecule has 1 unspecified atom stereocenters. The highest BCUT2D eigenvalue weighted by Gasteiger charge is 2.48. The molecular formula is C22H27NO4. The molecule has 5 heteroatoms. The number of methoxy groups -OCH3 is 1. The summed E-state index contributed by atoms with van der Waals surface area (Å²) in [5, 5.41) is 11.8. The highest BCUT2D eigenvalue weighted by atomic mass is 16.6. The number of ether oxygens (including phenoxy) is 2. The molecule has 1 heterocycles. The van der Waals surface area contributed by atoms with Crippen LogP contribution in [-0.2, 0) is 10.3 Å². The SMILES string of the molecule is COc1cccc(C(O)(c2ccccc2)C2CN(C(=O)OC(C)(C)C)C2)c1. The number of carbonyl (C=O) groups is 1. The van der Waals surface area contributed by atoms with Crippen molar-refractivity contribution in [2.75, 3.05) is 20.2 Å². The molecule has 1 fully saturated rings. The van der Waals surface area contributed by atoms with Crippen molar-refractivity contribution in [3.8, 4) is 5.75 Å². The lowest BCUT2D eigenvalue weighted by Crippen LogP contribution is -2.59. The van der Waals surface area contributed by atoms with Crippen molar-refractivity contribution in [3.63, 3.8) is 0 Å². The molecule has 1 saturated heterocycles. The first-order valence-electron chi connectivity index (χ1n) is 9.14.